The summed E-state index contributed by atoms with van der Waals surface area (Å²) in [5.41, 5.74) is 0. The lowest BCUT2D eigenvalue weighted by atomic mass is 10.0. The number of carbonyl (C=O) groups is 3. The highest BCUT2D eigenvalue weighted by molar-refractivity contribution is 5.88. The van der Waals surface area contributed by atoms with Gasteiger partial charge in [0, 0.05) is 6.54 Å². The van der Waals surface area contributed by atoms with Gasteiger partial charge in [0.1, 0.15) is 12.6 Å². The van der Waals surface area contributed by atoms with Crippen molar-refractivity contribution in [2.45, 2.75) is 39.3 Å². The minimum absolute atomic E-state index is 0.0174. The van der Waals surface area contributed by atoms with Crippen molar-refractivity contribution < 1.29 is 29.0 Å². The third kappa shape index (κ3) is 6.75. The average Bonchev–Trinajstić information content (AvgIpc) is 2.49. The van der Waals surface area contributed by atoms with Crippen LogP contribution in [0.3, 0.4) is 0 Å². The Labute approximate surface area is 130 Å². The summed E-state index contributed by atoms with van der Waals surface area (Å²) in [4.78, 5) is 36.6. The van der Waals surface area contributed by atoms with Crippen molar-refractivity contribution in [2.24, 2.45) is 5.92 Å². The molecule has 2 amide bonds. The molecule has 0 aliphatic heterocycles. The van der Waals surface area contributed by atoms with E-state index < -0.39 is 30.1 Å². The summed E-state index contributed by atoms with van der Waals surface area (Å²) in [6, 6.07) is -0.860. The van der Waals surface area contributed by atoms with E-state index in [0.717, 1.165) is 0 Å². The van der Waals surface area contributed by atoms with Crippen LogP contribution < -0.4 is 5.32 Å². The molecule has 0 saturated heterocycles. The second-order valence-corrected chi connectivity index (χ2v) is 5.21. The Kier molecular flexibility index (Phi) is 9.16. The van der Waals surface area contributed by atoms with Gasteiger partial charge in [0.25, 0.3) is 0 Å². The molecule has 8 nitrogen and oxygen atoms in total. The van der Waals surface area contributed by atoms with Gasteiger partial charge in [-0.15, -0.1) is 0 Å². The van der Waals surface area contributed by atoms with Crippen molar-refractivity contribution >= 4 is 18.0 Å². The molecule has 0 aromatic carbocycles. The highest BCUT2D eigenvalue weighted by atomic mass is 16.5. The Bertz CT molecular complexity index is 386. The van der Waals surface area contributed by atoms with Crippen molar-refractivity contribution in [3.63, 3.8) is 0 Å². The minimum Gasteiger partial charge on any atom is -0.468 e. The Morgan fingerprint density at radius 1 is 1.18 bits per heavy atom. The average molecular weight is 318 g/mol. The van der Waals surface area contributed by atoms with Crippen LogP contribution in [0.15, 0.2) is 0 Å². The van der Waals surface area contributed by atoms with Crippen molar-refractivity contribution in [3.05, 3.63) is 0 Å². The SMILES string of the molecule is CCC(O)CN(CC(=O)OC)C(=O)C(NC(=O)OC)C(C)C. The number of amides is 2. The molecule has 0 aromatic rings. The van der Waals surface area contributed by atoms with Gasteiger partial charge in [-0.2, -0.15) is 0 Å². The molecule has 2 atom stereocenters. The molecule has 0 fully saturated rings. The number of aliphatic hydroxyl groups is 1. The summed E-state index contributed by atoms with van der Waals surface area (Å²) in [6.45, 7) is 4.96. The molecular formula is C14H26N2O6. The first-order valence-corrected chi connectivity index (χ1v) is 7.14. The van der Waals surface area contributed by atoms with E-state index in [-0.39, 0.29) is 19.0 Å². The fourth-order valence-corrected chi connectivity index (χ4v) is 1.73. The number of carbonyl (C=O) groups excluding carboxylic acids is 3. The second-order valence-electron chi connectivity index (χ2n) is 5.21. The van der Waals surface area contributed by atoms with E-state index in [0.29, 0.717) is 6.42 Å². The zero-order valence-electron chi connectivity index (χ0n) is 13.8. The molecule has 0 spiro atoms. The fraction of sp³-hybridized carbons (Fsp3) is 0.786. The molecule has 2 unspecified atom stereocenters. The van der Waals surface area contributed by atoms with Gasteiger partial charge in [-0.3, -0.25) is 9.59 Å². The third-order valence-corrected chi connectivity index (χ3v) is 3.15. The van der Waals surface area contributed by atoms with E-state index in [1.54, 1.807) is 20.8 Å². The van der Waals surface area contributed by atoms with Crippen LogP contribution in [0.25, 0.3) is 0 Å². The number of esters is 1. The van der Waals surface area contributed by atoms with Crippen LogP contribution in [0.1, 0.15) is 27.2 Å². The Hall–Kier alpha value is -1.83. The number of methoxy groups -OCH3 is 2. The van der Waals surface area contributed by atoms with E-state index in [1.807, 2.05) is 0 Å². The number of nitrogens with zero attached hydrogens (tertiary/aromatic N) is 1. The predicted octanol–water partition coefficient (Wildman–Crippen LogP) is 0.140. The van der Waals surface area contributed by atoms with Gasteiger partial charge >= 0.3 is 12.1 Å². The Morgan fingerprint density at radius 2 is 1.77 bits per heavy atom. The molecule has 0 saturated carbocycles. The lowest BCUT2D eigenvalue weighted by Gasteiger charge is -2.30. The summed E-state index contributed by atoms with van der Waals surface area (Å²) in [5.74, 6) is -1.29. The number of ether oxygens (including phenoxy) is 2. The molecule has 22 heavy (non-hydrogen) atoms. The van der Waals surface area contributed by atoms with Gasteiger partial charge in [-0.1, -0.05) is 20.8 Å². The molecule has 0 heterocycles. The van der Waals surface area contributed by atoms with Crippen molar-refractivity contribution in [1.82, 2.24) is 10.2 Å². The predicted molar refractivity (Wildman–Crippen MR) is 79.1 cm³/mol. The highest BCUT2D eigenvalue weighted by Gasteiger charge is 2.31. The number of aliphatic hydroxyl groups excluding tert-OH is 1. The number of hydrogen-bond acceptors (Lipinski definition) is 6. The zero-order valence-corrected chi connectivity index (χ0v) is 13.8. The monoisotopic (exact) mass is 318 g/mol. The minimum atomic E-state index is -0.860. The third-order valence-electron chi connectivity index (χ3n) is 3.15. The standard InChI is InChI=1S/C14H26N2O6/c1-6-10(17)7-16(8-11(18)21-4)13(19)12(9(2)3)15-14(20)22-5/h9-10,12,17H,6-8H2,1-5H3,(H,15,20). The van der Waals surface area contributed by atoms with E-state index >= 15 is 0 Å². The number of rotatable bonds is 8. The van der Waals surface area contributed by atoms with Crippen LogP contribution in [0, 0.1) is 5.92 Å². The maximum Gasteiger partial charge on any atom is 0.407 e. The molecule has 0 rings (SSSR count). The normalized spacial score (nSPS) is 13.2. The molecule has 128 valence electrons. The maximum atomic E-state index is 12.6. The van der Waals surface area contributed by atoms with Gasteiger partial charge < -0.3 is 24.8 Å². The molecule has 0 aliphatic carbocycles. The van der Waals surface area contributed by atoms with Crippen molar-refractivity contribution in [3.8, 4) is 0 Å². The van der Waals surface area contributed by atoms with Gasteiger partial charge in [-0.25, -0.2) is 4.79 Å². The maximum absolute atomic E-state index is 12.6. The summed E-state index contributed by atoms with van der Waals surface area (Å²) < 4.78 is 9.07. The lowest BCUT2D eigenvalue weighted by Crippen LogP contribution is -2.53. The highest BCUT2D eigenvalue weighted by Crippen LogP contribution is 2.09. The van der Waals surface area contributed by atoms with E-state index in [2.05, 4.69) is 14.8 Å². The molecule has 8 heteroatoms. The van der Waals surface area contributed by atoms with Crippen LogP contribution in [0.5, 0.6) is 0 Å². The summed E-state index contributed by atoms with van der Waals surface area (Å²) in [7, 11) is 2.41. The van der Waals surface area contributed by atoms with Gasteiger partial charge in [0.15, 0.2) is 0 Å². The largest absolute Gasteiger partial charge is 0.468 e. The zero-order chi connectivity index (χ0) is 17.3. The molecule has 0 bridgehead atoms. The molecule has 0 radical (unpaired) electrons. The number of hydrogen-bond donors (Lipinski definition) is 2. The van der Waals surface area contributed by atoms with Gasteiger partial charge in [0.2, 0.25) is 5.91 Å². The second kappa shape index (κ2) is 9.99. The Balaban J connectivity index is 5.15. The molecule has 0 aromatic heterocycles. The van der Waals surface area contributed by atoms with Crippen LogP contribution in [-0.2, 0) is 19.1 Å². The smallest absolute Gasteiger partial charge is 0.407 e. The van der Waals surface area contributed by atoms with Gasteiger partial charge in [0.05, 0.1) is 20.3 Å². The topological polar surface area (TPSA) is 105 Å². The van der Waals surface area contributed by atoms with Gasteiger partial charge in [-0.05, 0) is 12.3 Å². The molecular weight excluding hydrogens is 292 g/mol. The fourth-order valence-electron chi connectivity index (χ4n) is 1.73. The lowest BCUT2D eigenvalue weighted by molar-refractivity contribution is -0.149. The van der Waals surface area contributed by atoms with E-state index in [1.165, 1.54) is 19.1 Å². The number of alkyl carbamates (subject to hydrolysis) is 1. The van der Waals surface area contributed by atoms with Crippen LogP contribution in [0.2, 0.25) is 0 Å². The molecule has 2 N–H and O–H groups in total. The van der Waals surface area contributed by atoms with Crippen LogP contribution in [0.4, 0.5) is 4.79 Å². The summed E-state index contributed by atoms with van der Waals surface area (Å²) >= 11 is 0. The van der Waals surface area contributed by atoms with Crippen molar-refractivity contribution in [2.75, 3.05) is 27.3 Å². The Morgan fingerprint density at radius 3 is 2.18 bits per heavy atom. The van der Waals surface area contributed by atoms with E-state index in [9.17, 15) is 19.5 Å². The summed E-state index contributed by atoms with van der Waals surface area (Å²) in [5, 5.41) is 12.2. The first-order chi connectivity index (χ1) is 10.3. The first kappa shape index (κ1) is 20.2. The van der Waals surface area contributed by atoms with Crippen molar-refractivity contribution in [1.29, 1.82) is 0 Å². The van der Waals surface area contributed by atoms with E-state index in [4.69, 9.17) is 0 Å². The number of nitrogens with one attached hydrogen (secondary N) is 1. The molecule has 0 aliphatic rings. The summed E-state index contributed by atoms with van der Waals surface area (Å²) in [6.07, 6.45) is -1.07. The quantitative estimate of drug-likeness (QED) is 0.617. The first-order valence-electron chi connectivity index (χ1n) is 7.14. The van der Waals surface area contributed by atoms with Crippen LogP contribution >= 0.6 is 0 Å². The van der Waals surface area contributed by atoms with Crippen LogP contribution in [-0.4, -0.2) is 67.4 Å².